The van der Waals surface area contributed by atoms with Gasteiger partial charge in [0.25, 0.3) is 10.0 Å². The second kappa shape index (κ2) is 7.09. The van der Waals surface area contributed by atoms with Crippen molar-refractivity contribution in [3.05, 3.63) is 40.7 Å². The molecule has 2 heterocycles. The van der Waals surface area contributed by atoms with Gasteiger partial charge < -0.3 is 10.1 Å². The van der Waals surface area contributed by atoms with E-state index < -0.39 is 10.0 Å². The highest BCUT2D eigenvalue weighted by Crippen LogP contribution is 2.27. The van der Waals surface area contributed by atoms with Gasteiger partial charge in [0, 0.05) is 24.5 Å². The molecular formula is C15H17ClN2O3S2. The Morgan fingerprint density at radius 1 is 1.17 bits per heavy atom. The lowest BCUT2D eigenvalue weighted by molar-refractivity contribution is 0.120. The summed E-state index contributed by atoms with van der Waals surface area (Å²) in [6.07, 6.45) is 2.45. The molecule has 1 aromatic heterocycles. The number of ether oxygens (including phenoxy) is 1. The zero-order valence-electron chi connectivity index (χ0n) is 12.3. The number of halogens is 1. The van der Waals surface area contributed by atoms with Gasteiger partial charge in [-0.2, -0.15) is 0 Å². The van der Waals surface area contributed by atoms with Gasteiger partial charge in [-0.25, -0.2) is 8.42 Å². The van der Waals surface area contributed by atoms with E-state index in [0.717, 1.165) is 43.0 Å². The number of rotatable bonds is 6. The molecule has 5 nitrogen and oxygen atoms in total. The second-order valence-corrected chi connectivity index (χ2v) is 8.88. The minimum atomic E-state index is -3.59. The fraction of sp³-hybridized carbons (Fsp3) is 0.333. The molecule has 1 saturated heterocycles. The van der Waals surface area contributed by atoms with E-state index in [9.17, 15) is 8.42 Å². The third-order valence-electron chi connectivity index (χ3n) is 3.51. The summed E-state index contributed by atoms with van der Waals surface area (Å²) < 4.78 is 33.2. The highest BCUT2D eigenvalue weighted by Gasteiger charge is 2.17. The molecule has 0 aliphatic carbocycles. The molecule has 1 aromatic carbocycles. The third kappa shape index (κ3) is 4.38. The summed E-state index contributed by atoms with van der Waals surface area (Å²) in [7, 11) is -3.59. The predicted octanol–water partition coefficient (Wildman–Crippen LogP) is 3.79. The number of nitrogens with one attached hydrogen (secondary N) is 2. The van der Waals surface area contributed by atoms with Gasteiger partial charge in [0.05, 0.1) is 10.4 Å². The van der Waals surface area contributed by atoms with Gasteiger partial charge in [0.1, 0.15) is 4.21 Å². The van der Waals surface area contributed by atoms with Gasteiger partial charge >= 0.3 is 0 Å². The average molecular weight is 373 g/mol. The van der Waals surface area contributed by atoms with Gasteiger partial charge in [-0.1, -0.05) is 11.6 Å². The lowest BCUT2D eigenvalue weighted by atomic mass is 10.2. The second-order valence-electron chi connectivity index (χ2n) is 5.26. The topological polar surface area (TPSA) is 67.4 Å². The Balaban J connectivity index is 1.60. The Labute approximate surface area is 144 Å². The first-order valence-electron chi connectivity index (χ1n) is 7.27. The van der Waals surface area contributed by atoms with Crippen molar-refractivity contribution in [3.63, 3.8) is 0 Å². The summed E-state index contributed by atoms with van der Waals surface area (Å²) in [4.78, 5) is 0. The molecular weight excluding hydrogens is 356 g/mol. The predicted molar refractivity (Wildman–Crippen MR) is 94.0 cm³/mol. The Morgan fingerprint density at radius 2 is 1.91 bits per heavy atom. The average Bonchev–Trinajstić information content (AvgIpc) is 3.18. The van der Waals surface area contributed by atoms with E-state index in [4.69, 9.17) is 16.3 Å². The van der Waals surface area contributed by atoms with Gasteiger partial charge in [-0.05, 0) is 49.2 Å². The molecule has 1 fully saturated rings. The first-order valence-corrected chi connectivity index (χ1v) is 9.94. The van der Waals surface area contributed by atoms with Crippen LogP contribution in [0.25, 0.3) is 0 Å². The van der Waals surface area contributed by atoms with Gasteiger partial charge in [-0.15, -0.1) is 11.3 Å². The lowest BCUT2D eigenvalue weighted by Crippen LogP contribution is -2.18. The molecule has 1 unspecified atom stereocenters. The molecule has 0 radical (unpaired) electrons. The van der Waals surface area contributed by atoms with Crippen LogP contribution in [0.1, 0.15) is 12.8 Å². The summed E-state index contributed by atoms with van der Waals surface area (Å²) in [5.74, 6) is 0. The van der Waals surface area contributed by atoms with Crippen LogP contribution >= 0.6 is 22.9 Å². The largest absolute Gasteiger partial charge is 0.382 e. The van der Waals surface area contributed by atoms with Crippen molar-refractivity contribution in [1.29, 1.82) is 0 Å². The van der Waals surface area contributed by atoms with Crippen molar-refractivity contribution in [1.82, 2.24) is 0 Å². The van der Waals surface area contributed by atoms with Crippen LogP contribution in [0.15, 0.2) is 40.6 Å². The van der Waals surface area contributed by atoms with E-state index in [-0.39, 0.29) is 10.3 Å². The lowest BCUT2D eigenvalue weighted by Gasteiger charge is -2.12. The van der Waals surface area contributed by atoms with Gasteiger partial charge in [-0.3, -0.25) is 4.72 Å². The van der Waals surface area contributed by atoms with Crippen LogP contribution in [-0.4, -0.2) is 27.7 Å². The molecule has 1 aliphatic heterocycles. The third-order valence-corrected chi connectivity index (χ3v) is 6.61. The Kier molecular flexibility index (Phi) is 5.11. The van der Waals surface area contributed by atoms with Crippen molar-refractivity contribution in [2.45, 2.75) is 23.2 Å². The molecule has 1 aliphatic rings. The molecule has 0 bridgehead atoms. The van der Waals surface area contributed by atoms with Crippen molar-refractivity contribution >= 4 is 44.3 Å². The summed E-state index contributed by atoms with van der Waals surface area (Å²) in [6, 6.07) is 10.2. The molecule has 23 heavy (non-hydrogen) atoms. The number of thiophene rings is 1. The first-order chi connectivity index (χ1) is 11.0. The molecule has 0 spiro atoms. The molecule has 8 heteroatoms. The standard InChI is InChI=1S/C15H17ClN2O3S2/c16-14-7-8-15(22-14)23(19,20)18-12-5-3-11(4-6-12)17-10-13-2-1-9-21-13/h3-8,13,17-18H,1-2,9-10H2. The van der Waals surface area contributed by atoms with Crippen molar-refractivity contribution in [2.24, 2.45) is 0 Å². The molecule has 1 atom stereocenters. The van der Waals surface area contributed by atoms with Crippen LogP contribution in [0, 0.1) is 0 Å². The minimum absolute atomic E-state index is 0.197. The van der Waals surface area contributed by atoms with Crippen molar-refractivity contribution in [3.8, 4) is 0 Å². The normalized spacial score (nSPS) is 18.0. The number of hydrogen-bond donors (Lipinski definition) is 2. The summed E-state index contributed by atoms with van der Waals surface area (Å²) in [5, 5.41) is 3.29. The van der Waals surface area contributed by atoms with Crippen LogP contribution in [0.2, 0.25) is 4.34 Å². The molecule has 0 amide bonds. The highest BCUT2D eigenvalue weighted by atomic mass is 35.5. The van der Waals surface area contributed by atoms with Crippen molar-refractivity contribution < 1.29 is 13.2 Å². The fourth-order valence-electron chi connectivity index (χ4n) is 2.34. The molecule has 3 rings (SSSR count). The van der Waals surface area contributed by atoms with E-state index in [1.807, 2.05) is 12.1 Å². The van der Waals surface area contributed by atoms with E-state index in [1.165, 1.54) is 6.07 Å². The maximum atomic E-state index is 12.2. The summed E-state index contributed by atoms with van der Waals surface area (Å²) in [6.45, 7) is 1.60. The molecule has 2 aromatic rings. The quantitative estimate of drug-likeness (QED) is 0.809. The maximum Gasteiger partial charge on any atom is 0.271 e. The van der Waals surface area contributed by atoms with Crippen LogP contribution in [0.3, 0.4) is 0 Å². The van der Waals surface area contributed by atoms with E-state index >= 15 is 0 Å². The molecule has 2 N–H and O–H groups in total. The van der Waals surface area contributed by atoms with Crippen LogP contribution in [-0.2, 0) is 14.8 Å². The minimum Gasteiger partial charge on any atom is -0.382 e. The highest BCUT2D eigenvalue weighted by molar-refractivity contribution is 7.94. The fourth-order valence-corrected chi connectivity index (χ4v) is 4.88. The summed E-state index contributed by atoms with van der Waals surface area (Å²) >= 11 is 6.81. The Bertz CT molecular complexity index is 753. The number of sulfonamides is 1. The Morgan fingerprint density at radius 3 is 2.52 bits per heavy atom. The van der Waals surface area contributed by atoms with E-state index in [1.54, 1.807) is 18.2 Å². The van der Waals surface area contributed by atoms with Crippen LogP contribution < -0.4 is 10.0 Å². The number of anilines is 2. The smallest absolute Gasteiger partial charge is 0.271 e. The molecule has 124 valence electrons. The monoisotopic (exact) mass is 372 g/mol. The zero-order chi connectivity index (χ0) is 16.3. The van der Waals surface area contributed by atoms with E-state index in [0.29, 0.717) is 10.0 Å². The van der Waals surface area contributed by atoms with Crippen LogP contribution in [0.4, 0.5) is 11.4 Å². The van der Waals surface area contributed by atoms with Crippen LogP contribution in [0.5, 0.6) is 0 Å². The first kappa shape index (κ1) is 16.6. The van der Waals surface area contributed by atoms with Gasteiger partial charge in [0.2, 0.25) is 0 Å². The van der Waals surface area contributed by atoms with Crippen molar-refractivity contribution in [2.75, 3.05) is 23.2 Å². The SMILES string of the molecule is O=S(=O)(Nc1ccc(NCC2CCCO2)cc1)c1ccc(Cl)s1. The van der Waals surface area contributed by atoms with Gasteiger partial charge in [0.15, 0.2) is 0 Å². The molecule has 0 saturated carbocycles. The Hall–Kier alpha value is -1.28. The summed E-state index contributed by atoms with van der Waals surface area (Å²) in [5.41, 5.74) is 1.44. The van der Waals surface area contributed by atoms with E-state index in [2.05, 4.69) is 10.0 Å². The number of benzene rings is 1. The number of hydrogen-bond acceptors (Lipinski definition) is 5. The maximum absolute atomic E-state index is 12.2. The zero-order valence-corrected chi connectivity index (χ0v) is 14.7.